The van der Waals surface area contributed by atoms with Gasteiger partial charge in [0.25, 0.3) is 5.56 Å². The highest BCUT2D eigenvalue weighted by molar-refractivity contribution is 8.00. The number of urea groups is 1. The second-order valence-electron chi connectivity index (χ2n) is 7.80. The van der Waals surface area contributed by atoms with Gasteiger partial charge in [-0.25, -0.2) is 9.78 Å². The molecule has 0 bridgehead atoms. The second kappa shape index (κ2) is 8.77. The molecular formula is C20H28N4O3S. The fraction of sp³-hybridized carbons (Fsp3) is 0.500. The number of rotatable bonds is 5. The van der Waals surface area contributed by atoms with Crippen molar-refractivity contribution in [3.63, 3.8) is 0 Å². The molecule has 3 amide bonds. The lowest BCUT2D eigenvalue weighted by atomic mass is 10.1. The average Bonchev–Trinajstić information content (AvgIpc) is 2.59. The van der Waals surface area contributed by atoms with E-state index in [1.54, 1.807) is 23.6 Å². The Kier molecular flexibility index (Phi) is 6.87. The van der Waals surface area contributed by atoms with E-state index in [-0.39, 0.29) is 11.6 Å². The van der Waals surface area contributed by atoms with Gasteiger partial charge >= 0.3 is 6.03 Å². The highest BCUT2D eigenvalue weighted by Crippen LogP contribution is 2.25. The molecule has 0 unspecified atom stereocenters. The number of nitrogens with zero attached hydrogens (tertiary/aromatic N) is 2. The summed E-state index contributed by atoms with van der Waals surface area (Å²) in [5.41, 5.74) is 0.0192. The Morgan fingerprint density at radius 2 is 1.86 bits per heavy atom. The zero-order valence-corrected chi connectivity index (χ0v) is 18.0. The molecule has 0 aliphatic rings. The summed E-state index contributed by atoms with van der Waals surface area (Å²) in [5, 5.41) is 5.45. The summed E-state index contributed by atoms with van der Waals surface area (Å²) in [6, 6.07) is 6.56. The number of carbonyl (C=O) groups is 2. The van der Waals surface area contributed by atoms with Crippen LogP contribution in [0.2, 0.25) is 0 Å². The summed E-state index contributed by atoms with van der Waals surface area (Å²) >= 11 is 1.17. The van der Waals surface area contributed by atoms with E-state index in [4.69, 9.17) is 0 Å². The minimum Gasteiger partial charge on any atom is -0.333 e. The number of thioether (sulfide) groups is 1. The van der Waals surface area contributed by atoms with Gasteiger partial charge in [0.15, 0.2) is 5.16 Å². The Balaban J connectivity index is 2.30. The van der Waals surface area contributed by atoms with E-state index in [1.807, 2.05) is 46.8 Å². The Morgan fingerprint density at radius 1 is 1.21 bits per heavy atom. The smallest absolute Gasteiger partial charge is 0.321 e. The first-order valence-electron chi connectivity index (χ1n) is 9.34. The van der Waals surface area contributed by atoms with Crippen LogP contribution in [0.15, 0.2) is 34.2 Å². The largest absolute Gasteiger partial charge is 0.333 e. The number of imide groups is 1. The minimum absolute atomic E-state index is 0.0634. The number of amides is 3. The van der Waals surface area contributed by atoms with Gasteiger partial charge in [0, 0.05) is 11.6 Å². The Labute approximate surface area is 169 Å². The summed E-state index contributed by atoms with van der Waals surface area (Å²) < 4.78 is 1.63. The predicted molar refractivity (Wildman–Crippen MR) is 113 cm³/mol. The van der Waals surface area contributed by atoms with Crippen molar-refractivity contribution >= 4 is 34.6 Å². The molecular weight excluding hydrogens is 376 g/mol. The van der Waals surface area contributed by atoms with Crippen LogP contribution in [-0.2, 0) is 4.79 Å². The van der Waals surface area contributed by atoms with Crippen LogP contribution in [0.3, 0.4) is 0 Å². The van der Waals surface area contributed by atoms with E-state index in [1.165, 1.54) is 11.8 Å². The van der Waals surface area contributed by atoms with Gasteiger partial charge in [0.05, 0.1) is 16.2 Å². The first-order chi connectivity index (χ1) is 13.0. The lowest BCUT2D eigenvalue weighted by Crippen LogP contribution is -2.49. The molecule has 0 fully saturated rings. The topological polar surface area (TPSA) is 93.1 Å². The van der Waals surface area contributed by atoms with Gasteiger partial charge in [0.1, 0.15) is 0 Å². The summed E-state index contributed by atoms with van der Waals surface area (Å²) in [6.07, 6.45) is 0.752. The SMILES string of the molecule is CC[C@@H](C)n1c(S[C@@H](C)C(=O)NC(=O)NC(C)(C)C)nc2ccccc2c1=O. The van der Waals surface area contributed by atoms with Crippen molar-refractivity contribution in [2.75, 3.05) is 0 Å². The van der Waals surface area contributed by atoms with Crippen molar-refractivity contribution < 1.29 is 9.59 Å². The van der Waals surface area contributed by atoms with Gasteiger partial charge in [-0.2, -0.15) is 0 Å². The van der Waals surface area contributed by atoms with Crippen molar-refractivity contribution in [3.8, 4) is 0 Å². The number of fused-ring (bicyclic) bond motifs is 1. The molecule has 0 radical (unpaired) electrons. The number of nitrogens with one attached hydrogen (secondary N) is 2. The quantitative estimate of drug-likeness (QED) is 0.588. The van der Waals surface area contributed by atoms with Crippen LogP contribution in [0.1, 0.15) is 54.0 Å². The van der Waals surface area contributed by atoms with Crippen LogP contribution < -0.4 is 16.2 Å². The van der Waals surface area contributed by atoms with Gasteiger partial charge in [-0.3, -0.25) is 19.5 Å². The normalized spacial score (nSPS) is 13.8. The van der Waals surface area contributed by atoms with E-state index in [0.29, 0.717) is 16.1 Å². The van der Waals surface area contributed by atoms with Crippen molar-refractivity contribution in [1.29, 1.82) is 0 Å². The molecule has 1 heterocycles. The number of para-hydroxylation sites is 1. The molecule has 0 aliphatic heterocycles. The highest BCUT2D eigenvalue weighted by atomic mass is 32.2. The Morgan fingerprint density at radius 3 is 2.46 bits per heavy atom. The number of benzene rings is 1. The molecule has 2 atom stereocenters. The third kappa shape index (κ3) is 5.34. The molecule has 2 aromatic rings. The first kappa shape index (κ1) is 21.9. The molecule has 0 spiro atoms. The summed E-state index contributed by atoms with van der Waals surface area (Å²) in [6.45, 7) is 11.1. The maximum Gasteiger partial charge on any atom is 0.321 e. The number of hydrogen-bond acceptors (Lipinski definition) is 5. The minimum atomic E-state index is -0.603. The molecule has 28 heavy (non-hydrogen) atoms. The number of hydrogen-bond donors (Lipinski definition) is 2. The Hall–Kier alpha value is -2.35. The van der Waals surface area contributed by atoms with Gasteiger partial charge in [-0.1, -0.05) is 30.8 Å². The fourth-order valence-corrected chi connectivity index (χ4v) is 3.59. The van der Waals surface area contributed by atoms with E-state index < -0.39 is 22.7 Å². The van der Waals surface area contributed by atoms with Gasteiger partial charge < -0.3 is 5.32 Å². The molecule has 0 saturated heterocycles. The summed E-state index contributed by atoms with van der Waals surface area (Å²) in [4.78, 5) is 42.0. The third-order valence-corrected chi connectivity index (χ3v) is 5.25. The molecule has 0 saturated carbocycles. The monoisotopic (exact) mass is 404 g/mol. The lowest BCUT2D eigenvalue weighted by molar-refractivity contribution is -0.119. The van der Waals surface area contributed by atoms with Crippen molar-refractivity contribution in [1.82, 2.24) is 20.2 Å². The van der Waals surface area contributed by atoms with Crippen molar-refractivity contribution in [2.24, 2.45) is 0 Å². The standard InChI is InChI=1S/C20H28N4O3S/c1-7-12(2)24-17(26)14-10-8-9-11-15(14)21-19(24)28-13(3)16(25)22-18(27)23-20(4,5)6/h8-13H,7H2,1-6H3,(H2,22,23,25,27)/t12-,13+/m1/s1. The van der Waals surface area contributed by atoms with Gasteiger partial charge in [0.2, 0.25) is 5.91 Å². The molecule has 0 aliphatic carbocycles. The molecule has 7 nitrogen and oxygen atoms in total. The van der Waals surface area contributed by atoms with Crippen LogP contribution in [0.25, 0.3) is 10.9 Å². The van der Waals surface area contributed by atoms with Gasteiger partial charge in [-0.15, -0.1) is 0 Å². The fourth-order valence-electron chi connectivity index (χ4n) is 2.58. The average molecular weight is 405 g/mol. The molecule has 8 heteroatoms. The van der Waals surface area contributed by atoms with Crippen molar-refractivity contribution in [3.05, 3.63) is 34.6 Å². The van der Waals surface area contributed by atoms with Gasteiger partial charge in [-0.05, 0) is 53.2 Å². The summed E-state index contributed by atoms with van der Waals surface area (Å²) in [5.74, 6) is -0.440. The van der Waals surface area contributed by atoms with Crippen LogP contribution >= 0.6 is 11.8 Å². The van der Waals surface area contributed by atoms with Crippen LogP contribution in [-0.4, -0.2) is 32.3 Å². The maximum absolute atomic E-state index is 13.0. The van der Waals surface area contributed by atoms with Crippen LogP contribution in [0.5, 0.6) is 0 Å². The Bertz CT molecular complexity index is 933. The molecule has 2 rings (SSSR count). The van der Waals surface area contributed by atoms with Crippen LogP contribution in [0.4, 0.5) is 4.79 Å². The molecule has 1 aromatic heterocycles. The zero-order valence-electron chi connectivity index (χ0n) is 17.2. The maximum atomic E-state index is 13.0. The van der Waals surface area contributed by atoms with E-state index in [0.717, 1.165) is 6.42 Å². The van der Waals surface area contributed by atoms with E-state index in [2.05, 4.69) is 15.6 Å². The van der Waals surface area contributed by atoms with Crippen molar-refractivity contribution in [2.45, 2.75) is 70.0 Å². The second-order valence-corrected chi connectivity index (χ2v) is 9.11. The number of aromatic nitrogens is 2. The van der Waals surface area contributed by atoms with E-state index in [9.17, 15) is 14.4 Å². The molecule has 152 valence electrons. The zero-order chi connectivity index (χ0) is 21.1. The third-order valence-electron chi connectivity index (χ3n) is 4.18. The van der Waals surface area contributed by atoms with E-state index >= 15 is 0 Å². The predicted octanol–water partition coefficient (Wildman–Crippen LogP) is 3.47. The number of carbonyl (C=O) groups excluding carboxylic acids is 2. The summed E-state index contributed by atoms with van der Waals surface area (Å²) in [7, 11) is 0. The first-order valence-corrected chi connectivity index (χ1v) is 10.2. The molecule has 1 aromatic carbocycles. The highest BCUT2D eigenvalue weighted by Gasteiger charge is 2.23. The van der Waals surface area contributed by atoms with Crippen LogP contribution in [0, 0.1) is 0 Å². The molecule has 2 N–H and O–H groups in total. The lowest BCUT2D eigenvalue weighted by Gasteiger charge is -2.22.